The second-order valence-electron chi connectivity index (χ2n) is 6.13. The number of hydrogen-bond acceptors (Lipinski definition) is 1. The molecule has 0 aromatic heterocycles. The summed E-state index contributed by atoms with van der Waals surface area (Å²) in [6.07, 6.45) is 0. The van der Waals surface area contributed by atoms with E-state index < -0.39 is 0 Å². The van der Waals surface area contributed by atoms with Crippen LogP contribution in [0.15, 0.2) is 77.3 Å². The van der Waals surface area contributed by atoms with E-state index in [2.05, 4.69) is 70.5 Å². The molecule has 0 spiro atoms. The largest absolute Gasteiger partial charge is 0.508 e. The van der Waals surface area contributed by atoms with Gasteiger partial charge in [-0.05, 0) is 55.9 Å². The van der Waals surface area contributed by atoms with Gasteiger partial charge in [-0.1, -0.05) is 70.5 Å². The minimum atomic E-state index is 0.286. The van der Waals surface area contributed by atoms with E-state index in [1.54, 1.807) is 6.07 Å². The molecule has 1 nitrogen and oxygen atoms in total. The van der Waals surface area contributed by atoms with Crippen molar-refractivity contribution in [3.63, 3.8) is 0 Å². The summed E-state index contributed by atoms with van der Waals surface area (Å²) < 4.78 is 1.00. The molecule has 0 aliphatic carbocycles. The molecule has 0 saturated heterocycles. The standard InChI is InChI=1S/C22H13BrO/c23-22-12-20-17-7-5-13-3-1-2-4-15(13)16(17)9-10-18(20)19-8-6-14(24)11-21(19)22/h1-12,24H. The quantitative estimate of drug-likeness (QED) is 0.297. The lowest BCUT2D eigenvalue weighted by molar-refractivity contribution is 0.476. The predicted octanol–water partition coefficient (Wildman–Crippen LogP) is 6.77. The number of aromatic hydroxyl groups is 1. The number of halogens is 1. The average Bonchev–Trinajstić information content (AvgIpc) is 2.61. The highest BCUT2D eigenvalue weighted by Gasteiger charge is 2.10. The van der Waals surface area contributed by atoms with Crippen molar-refractivity contribution in [2.24, 2.45) is 0 Å². The van der Waals surface area contributed by atoms with E-state index in [0.29, 0.717) is 0 Å². The smallest absolute Gasteiger partial charge is 0.116 e. The highest BCUT2D eigenvalue weighted by molar-refractivity contribution is 9.10. The number of phenolic OH excluding ortho intramolecular Hbond substituents is 1. The van der Waals surface area contributed by atoms with Gasteiger partial charge in [0.1, 0.15) is 5.75 Å². The summed E-state index contributed by atoms with van der Waals surface area (Å²) in [7, 11) is 0. The van der Waals surface area contributed by atoms with Crippen molar-refractivity contribution in [2.75, 3.05) is 0 Å². The van der Waals surface area contributed by atoms with E-state index >= 15 is 0 Å². The minimum absolute atomic E-state index is 0.286. The van der Waals surface area contributed by atoms with E-state index in [1.807, 2.05) is 12.1 Å². The Morgan fingerprint density at radius 2 is 1.17 bits per heavy atom. The maximum Gasteiger partial charge on any atom is 0.116 e. The Bertz CT molecular complexity index is 1270. The van der Waals surface area contributed by atoms with Crippen molar-refractivity contribution in [1.82, 2.24) is 0 Å². The summed E-state index contributed by atoms with van der Waals surface area (Å²) in [5.74, 6) is 0.286. The fraction of sp³-hybridized carbons (Fsp3) is 0. The Labute approximate surface area is 147 Å². The van der Waals surface area contributed by atoms with Crippen molar-refractivity contribution in [3.8, 4) is 5.75 Å². The number of fused-ring (bicyclic) bond motifs is 7. The van der Waals surface area contributed by atoms with Crippen LogP contribution >= 0.6 is 15.9 Å². The number of hydrogen-bond donors (Lipinski definition) is 1. The van der Waals surface area contributed by atoms with Gasteiger partial charge in [0.15, 0.2) is 0 Å². The Kier molecular flexibility index (Phi) is 2.85. The van der Waals surface area contributed by atoms with Gasteiger partial charge in [0.05, 0.1) is 0 Å². The molecule has 0 atom stereocenters. The van der Waals surface area contributed by atoms with E-state index in [9.17, 15) is 5.11 Å². The zero-order valence-electron chi connectivity index (χ0n) is 12.8. The van der Waals surface area contributed by atoms with Crippen LogP contribution in [-0.4, -0.2) is 5.11 Å². The van der Waals surface area contributed by atoms with Gasteiger partial charge in [-0.2, -0.15) is 0 Å². The Morgan fingerprint density at radius 1 is 0.542 bits per heavy atom. The summed E-state index contributed by atoms with van der Waals surface area (Å²) in [5, 5.41) is 19.5. The molecular formula is C22H13BrO. The van der Waals surface area contributed by atoms with Crippen LogP contribution in [0.4, 0.5) is 0 Å². The van der Waals surface area contributed by atoms with Gasteiger partial charge >= 0.3 is 0 Å². The van der Waals surface area contributed by atoms with Gasteiger partial charge in [0.25, 0.3) is 0 Å². The maximum absolute atomic E-state index is 9.80. The van der Waals surface area contributed by atoms with Gasteiger partial charge in [-0.3, -0.25) is 0 Å². The van der Waals surface area contributed by atoms with E-state index in [-0.39, 0.29) is 5.75 Å². The fourth-order valence-corrected chi connectivity index (χ4v) is 4.23. The fourth-order valence-electron chi connectivity index (χ4n) is 3.67. The molecule has 5 aromatic rings. The SMILES string of the molecule is Oc1ccc2c(c1)c(Br)cc1c2ccc2c3ccccc3ccc21. The molecule has 0 aliphatic rings. The zero-order valence-corrected chi connectivity index (χ0v) is 14.3. The third-order valence-electron chi connectivity index (χ3n) is 4.79. The molecule has 5 rings (SSSR count). The van der Waals surface area contributed by atoms with Crippen LogP contribution in [-0.2, 0) is 0 Å². The van der Waals surface area contributed by atoms with Crippen LogP contribution in [0.25, 0.3) is 43.1 Å². The summed E-state index contributed by atoms with van der Waals surface area (Å²) in [6, 6.07) is 25.0. The molecule has 0 saturated carbocycles. The summed E-state index contributed by atoms with van der Waals surface area (Å²) in [5.41, 5.74) is 0. The third-order valence-corrected chi connectivity index (χ3v) is 5.45. The lowest BCUT2D eigenvalue weighted by Gasteiger charge is -2.11. The third kappa shape index (κ3) is 1.87. The second kappa shape index (κ2) is 4.96. The predicted molar refractivity (Wildman–Crippen MR) is 106 cm³/mol. The van der Waals surface area contributed by atoms with Gasteiger partial charge in [-0.15, -0.1) is 0 Å². The van der Waals surface area contributed by atoms with Crippen LogP contribution in [0.2, 0.25) is 0 Å². The lowest BCUT2D eigenvalue weighted by Crippen LogP contribution is -1.84. The van der Waals surface area contributed by atoms with Crippen molar-refractivity contribution in [2.45, 2.75) is 0 Å². The monoisotopic (exact) mass is 372 g/mol. The maximum atomic E-state index is 9.80. The van der Waals surface area contributed by atoms with Crippen LogP contribution in [0.1, 0.15) is 0 Å². The summed E-state index contributed by atoms with van der Waals surface area (Å²) in [6.45, 7) is 0. The molecule has 114 valence electrons. The average molecular weight is 373 g/mol. The van der Waals surface area contributed by atoms with E-state index in [0.717, 1.165) is 15.2 Å². The Balaban J connectivity index is 2.03. The minimum Gasteiger partial charge on any atom is -0.508 e. The molecule has 24 heavy (non-hydrogen) atoms. The van der Waals surface area contributed by atoms with Crippen molar-refractivity contribution >= 4 is 59.0 Å². The molecule has 0 unspecified atom stereocenters. The molecule has 0 fully saturated rings. The van der Waals surface area contributed by atoms with Gasteiger partial charge in [0.2, 0.25) is 0 Å². The van der Waals surface area contributed by atoms with Crippen LogP contribution in [0, 0.1) is 0 Å². The zero-order chi connectivity index (χ0) is 16.3. The first-order chi connectivity index (χ1) is 11.7. The normalized spacial score (nSPS) is 11.7. The molecule has 0 aliphatic heterocycles. The van der Waals surface area contributed by atoms with Gasteiger partial charge < -0.3 is 5.11 Å². The van der Waals surface area contributed by atoms with Crippen LogP contribution in [0.3, 0.4) is 0 Å². The second-order valence-corrected chi connectivity index (χ2v) is 6.99. The molecule has 0 radical (unpaired) electrons. The van der Waals surface area contributed by atoms with E-state index in [1.165, 1.54) is 32.3 Å². The molecule has 0 heterocycles. The Hall–Kier alpha value is -2.58. The Morgan fingerprint density at radius 3 is 2.00 bits per heavy atom. The number of phenols is 1. The first kappa shape index (κ1) is 13.8. The van der Waals surface area contributed by atoms with Crippen LogP contribution in [0.5, 0.6) is 5.75 Å². The first-order valence-corrected chi connectivity index (χ1v) is 8.67. The topological polar surface area (TPSA) is 20.2 Å². The van der Waals surface area contributed by atoms with Crippen molar-refractivity contribution in [1.29, 1.82) is 0 Å². The molecule has 0 amide bonds. The molecule has 1 N–H and O–H groups in total. The molecule has 0 bridgehead atoms. The van der Waals surface area contributed by atoms with Crippen molar-refractivity contribution < 1.29 is 5.11 Å². The van der Waals surface area contributed by atoms with Gasteiger partial charge in [0, 0.05) is 9.86 Å². The first-order valence-electron chi connectivity index (χ1n) is 7.88. The summed E-state index contributed by atoms with van der Waals surface area (Å²) in [4.78, 5) is 0. The molecular weight excluding hydrogens is 360 g/mol. The van der Waals surface area contributed by atoms with E-state index in [4.69, 9.17) is 0 Å². The van der Waals surface area contributed by atoms with Gasteiger partial charge in [-0.25, -0.2) is 0 Å². The molecule has 2 heteroatoms. The number of rotatable bonds is 0. The number of benzene rings is 5. The highest BCUT2D eigenvalue weighted by atomic mass is 79.9. The lowest BCUT2D eigenvalue weighted by atomic mass is 9.94. The summed E-state index contributed by atoms with van der Waals surface area (Å²) >= 11 is 3.68. The van der Waals surface area contributed by atoms with Crippen molar-refractivity contribution in [3.05, 3.63) is 77.3 Å². The highest BCUT2D eigenvalue weighted by Crippen LogP contribution is 2.38. The van der Waals surface area contributed by atoms with Crippen LogP contribution < -0.4 is 0 Å². The molecule has 5 aromatic carbocycles.